The molecule has 0 atom stereocenters. The molecule has 0 unspecified atom stereocenters. The van der Waals surface area contributed by atoms with Gasteiger partial charge in [0.05, 0.1) is 5.69 Å². The fourth-order valence-electron chi connectivity index (χ4n) is 1.32. The summed E-state index contributed by atoms with van der Waals surface area (Å²) in [6, 6.07) is 10.0. The van der Waals surface area contributed by atoms with Crippen molar-refractivity contribution in [2.24, 2.45) is 0 Å². The number of rotatable bonds is 1. The summed E-state index contributed by atoms with van der Waals surface area (Å²) in [6.07, 6.45) is 1.86. The first-order valence-corrected chi connectivity index (χ1v) is 4.62. The molecular formula is C12H12N2. The second kappa shape index (κ2) is 3.58. The van der Waals surface area contributed by atoms with Gasteiger partial charge in [-0.25, -0.2) is 0 Å². The maximum atomic E-state index is 4.43. The van der Waals surface area contributed by atoms with Gasteiger partial charge in [-0.2, -0.15) is 0 Å². The average Bonchev–Trinajstić information content (AvgIpc) is 2.19. The Morgan fingerprint density at radius 2 is 1.79 bits per heavy atom. The van der Waals surface area contributed by atoms with Crippen LogP contribution in [-0.4, -0.2) is 9.97 Å². The van der Waals surface area contributed by atoms with Gasteiger partial charge in [0, 0.05) is 23.1 Å². The summed E-state index contributed by atoms with van der Waals surface area (Å²) in [7, 11) is 0. The Labute approximate surface area is 83.7 Å². The second-order valence-corrected chi connectivity index (χ2v) is 3.35. The van der Waals surface area contributed by atoms with Crippen LogP contribution < -0.4 is 0 Å². The first-order chi connectivity index (χ1) is 6.75. The Kier molecular flexibility index (Phi) is 2.27. The third kappa shape index (κ3) is 1.79. The smallest absolute Gasteiger partial charge is 0.0720 e. The van der Waals surface area contributed by atoms with Gasteiger partial charge in [0.25, 0.3) is 0 Å². The molecule has 2 aromatic heterocycles. The van der Waals surface area contributed by atoms with Crippen molar-refractivity contribution in [1.82, 2.24) is 9.97 Å². The second-order valence-electron chi connectivity index (χ2n) is 3.35. The number of nitrogens with zero attached hydrogens (tertiary/aromatic N) is 2. The summed E-state index contributed by atoms with van der Waals surface area (Å²) in [5.41, 5.74) is 4.11. The molecule has 2 heteroatoms. The highest BCUT2D eigenvalue weighted by molar-refractivity contribution is 5.57. The van der Waals surface area contributed by atoms with Gasteiger partial charge in [-0.05, 0) is 38.1 Å². The van der Waals surface area contributed by atoms with Crippen LogP contribution in [0.1, 0.15) is 11.4 Å². The van der Waals surface area contributed by atoms with E-state index in [0.29, 0.717) is 0 Å². The molecule has 0 saturated heterocycles. The minimum Gasteiger partial charge on any atom is -0.261 e. The third-order valence-electron chi connectivity index (χ3n) is 2.10. The van der Waals surface area contributed by atoms with Gasteiger partial charge in [-0.15, -0.1) is 0 Å². The lowest BCUT2D eigenvalue weighted by molar-refractivity contribution is 1.17. The van der Waals surface area contributed by atoms with E-state index in [0.717, 1.165) is 22.6 Å². The van der Waals surface area contributed by atoms with Crippen LogP contribution in [0.15, 0.2) is 36.5 Å². The van der Waals surface area contributed by atoms with Crippen LogP contribution in [0.5, 0.6) is 0 Å². The first-order valence-electron chi connectivity index (χ1n) is 4.62. The minimum atomic E-state index is 0.984. The maximum Gasteiger partial charge on any atom is 0.0720 e. The van der Waals surface area contributed by atoms with Crippen LogP contribution in [0, 0.1) is 13.8 Å². The van der Waals surface area contributed by atoms with E-state index in [-0.39, 0.29) is 0 Å². The molecule has 2 rings (SSSR count). The quantitative estimate of drug-likeness (QED) is 0.681. The molecule has 0 spiro atoms. The highest BCUT2D eigenvalue weighted by Gasteiger charge is 1.98. The maximum absolute atomic E-state index is 4.43. The summed E-state index contributed by atoms with van der Waals surface area (Å²) in [5.74, 6) is 0. The Bertz CT molecular complexity index is 432. The largest absolute Gasteiger partial charge is 0.261 e. The fraction of sp³-hybridized carbons (Fsp3) is 0.167. The molecule has 0 radical (unpaired) electrons. The lowest BCUT2D eigenvalue weighted by Gasteiger charge is -2.01. The molecule has 0 amide bonds. The molecule has 2 nitrogen and oxygen atoms in total. The summed E-state index contributed by atoms with van der Waals surface area (Å²) in [4.78, 5) is 8.68. The van der Waals surface area contributed by atoms with Gasteiger partial charge >= 0.3 is 0 Å². The van der Waals surface area contributed by atoms with Gasteiger partial charge in [0.1, 0.15) is 0 Å². The van der Waals surface area contributed by atoms with Crippen LogP contribution in [0.4, 0.5) is 0 Å². The van der Waals surface area contributed by atoms with Gasteiger partial charge in [0.15, 0.2) is 0 Å². The van der Waals surface area contributed by atoms with E-state index in [1.54, 1.807) is 0 Å². The van der Waals surface area contributed by atoms with E-state index in [2.05, 4.69) is 9.97 Å². The van der Waals surface area contributed by atoms with Crippen molar-refractivity contribution in [1.29, 1.82) is 0 Å². The van der Waals surface area contributed by atoms with E-state index >= 15 is 0 Å². The lowest BCUT2D eigenvalue weighted by Crippen LogP contribution is -1.87. The van der Waals surface area contributed by atoms with Crippen molar-refractivity contribution in [3.63, 3.8) is 0 Å². The monoisotopic (exact) mass is 184 g/mol. The van der Waals surface area contributed by atoms with Gasteiger partial charge in [-0.3, -0.25) is 9.97 Å². The van der Waals surface area contributed by atoms with E-state index in [9.17, 15) is 0 Å². The predicted molar refractivity (Wildman–Crippen MR) is 56.9 cm³/mol. The zero-order chi connectivity index (χ0) is 9.97. The topological polar surface area (TPSA) is 25.8 Å². The van der Waals surface area contributed by atoms with Crippen LogP contribution in [0.2, 0.25) is 0 Å². The Balaban J connectivity index is 2.44. The Morgan fingerprint density at radius 3 is 2.43 bits per heavy atom. The SMILES string of the molecule is Cc1ccc(-c2cccc(C)n2)cn1. The zero-order valence-corrected chi connectivity index (χ0v) is 8.36. The van der Waals surface area contributed by atoms with Gasteiger partial charge in [-0.1, -0.05) is 6.07 Å². The minimum absolute atomic E-state index is 0.984. The molecule has 0 aliphatic heterocycles. The molecule has 0 aliphatic rings. The number of hydrogen-bond donors (Lipinski definition) is 0. The summed E-state index contributed by atoms with van der Waals surface area (Å²) >= 11 is 0. The zero-order valence-electron chi connectivity index (χ0n) is 8.36. The van der Waals surface area contributed by atoms with E-state index in [4.69, 9.17) is 0 Å². The number of hydrogen-bond acceptors (Lipinski definition) is 2. The molecule has 0 bridgehead atoms. The summed E-state index contributed by atoms with van der Waals surface area (Å²) in [6.45, 7) is 3.97. The number of aromatic nitrogens is 2. The molecule has 0 aromatic carbocycles. The molecule has 0 saturated carbocycles. The molecule has 0 fully saturated rings. The standard InChI is InChI=1S/C12H12N2/c1-9-6-7-11(8-13-9)12-5-3-4-10(2)14-12/h3-8H,1-2H3. The van der Waals surface area contributed by atoms with Gasteiger partial charge < -0.3 is 0 Å². The number of aryl methyl sites for hydroxylation is 2. The Morgan fingerprint density at radius 1 is 0.929 bits per heavy atom. The van der Waals surface area contributed by atoms with Crippen molar-refractivity contribution >= 4 is 0 Å². The van der Waals surface area contributed by atoms with Crippen molar-refractivity contribution < 1.29 is 0 Å². The molecular weight excluding hydrogens is 172 g/mol. The van der Waals surface area contributed by atoms with Crippen molar-refractivity contribution in [2.75, 3.05) is 0 Å². The van der Waals surface area contributed by atoms with Crippen LogP contribution in [0.25, 0.3) is 11.3 Å². The summed E-state index contributed by atoms with van der Waals surface area (Å²) in [5, 5.41) is 0. The molecule has 0 N–H and O–H groups in total. The predicted octanol–water partition coefficient (Wildman–Crippen LogP) is 2.76. The van der Waals surface area contributed by atoms with E-state index in [1.165, 1.54) is 0 Å². The molecule has 70 valence electrons. The van der Waals surface area contributed by atoms with E-state index in [1.807, 2.05) is 50.4 Å². The lowest BCUT2D eigenvalue weighted by atomic mass is 10.2. The first kappa shape index (κ1) is 8.88. The van der Waals surface area contributed by atoms with Crippen LogP contribution in [-0.2, 0) is 0 Å². The van der Waals surface area contributed by atoms with Crippen molar-refractivity contribution in [3.8, 4) is 11.3 Å². The van der Waals surface area contributed by atoms with Crippen LogP contribution in [0.3, 0.4) is 0 Å². The summed E-state index contributed by atoms with van der Waals surface area (Å²) < 4.78 is 0. The fourth-order valence-corrected chi connectivity index (χ4v) is 1.32. The molecule has 2 heterocycles. The van der Waals surface area contributed by atoms with Gasteiger partial charge in [0.2, 0.25) is 0 Å². The Hall–Kier alpha value is -1.70. The van der Waals surface area contributed by atoms with Crippen molar-refractivity contribution in [3.05, 3.63) is 47.9 Å². The normalized spacial score (nSPS) is 10.1. The average molecular weight is 184 g/mol. The highest BCUT2D eigenvalue weighted by atomic mass is 14.7. The molecule has 2 aromatic rings. The number of pyridine rings is 2. The highest BCUT2D eigenvalue weighted by Crippen LogP contribution is 2.15. The van der Waals surface area contributed by atoms with Crippen molar-refractivity contribution in [2.45, 2.75) is 13.8 Å². The van der Waals surface area contributed by atoms with E-state index < -0.39 is 0 Å². The van der Waals surface area contributed by atoms with Crippen LogP contribution >= 0.6 is 0 Å². The molecule has 0 aliphatic carbocycles. The third-order valence-corrected chi connectivity index (χ3v) is 2.10. The molecule has 14 heavy (non-hydrogen) atoms.